The fourth-order valence-electron chi connectivity index (χ4n) is 3.05. The van der Waals surface area contributed by atoms with Gasteiger partial charge < -0.3 is 24.8 Å². The summed E-state index contributed by atoms with van der Waals surface area (Å²) in [5, 5.41) is 11.9. The Hall–Kier alpha value is -2.12. The van der Waals surface area contributed by atoms with E-state index in [1.165, 1.54) is 0 Å². The van der Waals surface area contributed by atoms with Crippen LogP contribution < -0.4 is 5.32 Å². The van der Waals surface area contributed by atoms with Gasteiger partial charge >= 0.3 is 6.09 Å². The van der Waals surface area contributed by atoms with Crippen LogP contribution in [0.25, 0.3) is 0 Å². The number of piperidine rings is 1. The van der Waals surface area contributed by atoms with Crippen molar-refractivity contribution in [2.45, 2.75) is 51.9 Å². The first kappa shape index (κ1) is 22.2. The van der Waals surface area contributed by atoms with Crippen LogP contribution in [0.15, 0.2) is 30.3 Å². The first-order valence-corrected chi connectivity index (χ1v) is 9.79. The van der Waals surface area contributed by atoms with Crippen LogP contribution in [0, 0.1) is 5.92 Å². The molecule has 1 aromatic carbocycles. The molecule has 0 aliphatic carbocycles. The summed E-state index contributed by atoms with van der Waals surface area (Å²) in [5.41, 5.74) is 0.344. The second kappa shape index (κ2) is 10.4. The molecule has 1 atom stereocenters. The number of amides is 2. The van der Waals surface area contributed by atoms with Gasteiger partial charge in [0.1, 0.15) is 11.6 Å². The van der Waals surface area contributed by atoms with Gasteiger partial charge in [0.15, 0.2) is 0 Å². The van der Waals surface area contributed by atoms with Crippen molar-refractivity contribution >= 4 is 12.0 Å². The monoisotopic (exact) mass is 392 g/mol. The molecule has 1 aliphatic heterocycles. The average Bonchev–Trinajstić information content (AvgIpc) is 2.66. The Bertz CT molecular complexity index is 621. The van der Waals surface area contributed by atoms with Gasteiger partial charge in [0.2, 0.25) is 5.91 Å². The fraction of sp³-hybridized carbons (Fsp3) is 0.619. The number of ether oxygens (including phenoxy) is 2. The molecule has 2 N–H and O–H groups in total. The SMILES string of the molecule is CC(C)(C)OC(=O)N[C@@H](COCc1ccccc1)C(=O)N1CCC(CO)CC1. The molecule has 0 bridgehead atoms. The summed E-state index contributed by atoms with van der Waals surface area (Å²) in [6.07, 6.45) is 0.873. The zero-order valence-corrected chi connectivity index (χ0v) is 17.0. The predicted octanol–water partition coefficient (Wildman–Crippen LogP) is 2.33. The lowest BCUT2D eigenvalue weighted by atomic mass is 9.97. The normalized spacial score (nSPS) is 16.5. The lowest BCUT2D eigenvalue weighted by molar-refractivity contribution is -0.136. The molecule has 0 unspecified atom stereocenters. The van der Waals surface area contributed by atoms with Gasteiger partial charge in [-0.1, -0.05) is 30.3 Å². The maximum absolute atomic E-state index is 12.9. The Morgan fingerprint density at radius 3 is 2.43 bits per heavy atom. The minimum absolute atomic E-state index is 0.0624. The van der Waals surface area contributed by atoms with Crippen LogP contribution in [0.5, 0.6) is 0 Å². The maximum Gasteiger partial charge on any atom is 0.408 e. The number of aliphatic hydroxyl groups excluding tert-OH is 1. The quantitative estimate of drug-likeness (QED) is 0.744. The number of carbonyl (C=O) groups is 2. The highest BCUT2D eigenvalue weighted by Gasteiger charge is 2.30. The lowest BCUT2D eigenvalue weighted by Crippen LogP contribution is -2.53. The molecular formula is C21H32N2O5. The highest BCUT2D eigenvalue weighted by molar-refractivity contribution is 5.86. The number of benzene rings is 1. The van der Waals surface area contributed by atoms with Gasteiger partial charge in [0.05, 0.1) is 13.2 Å². The summed E-state index contributed by atoms with van der Waals surface area (Å²) in [6, 6.07) is 8.84. The van der Waals surface area contributed by atoms with Gasteiger partial charge in [0, 0.05) is 19.7 Å². The topological polar surface area (TPSA) is 88.1 Å². The molecule has 1 saturated heterocycles. The standard InChI is InChI=1S/C21H32N2O5/c1-21(2,3)28-20(26)22-18(15-27-14-17-7-5-4-6-8-17)19(25)23-11-9-16(13-24)10-12-23/h4-8,16,18,24H,9-15H2,1-3H3,(H,22,26)/t18-/m0/s1. The summed E-state index contributed by atoms with van der Waals surface area (Å²) >= 11 is 0. The first-order valence-electron chi connectivity index (χ1n) is 9.79. The second-order valence-electron chi connectivity index (χ2n) is 8.15. The summed E-state index contributed by atoms with van der Waals surface area (Å²) in [6.45, 7) is 7.01. The number of carbonyl (C=O) groups excluding carboxylic acids is 2. The zero-order chi connectivity index (χ0) is 20.6. The molecular weight excluding hydrogens is 360 g/mol. The van der Waals surface area contributed by atoms with E-state index in [1.54, 1.807) is 25.7 Å². The Morgan fingerprint density at radius 1 is 1.21 bits per heavy atom. The van der Waals surface area contributed by atoms with Gasteiger partial charge in [-0.05, 0) is 45.1 Å². The van der Waals surface area contributed by atoms with Crippen molar-refractivity contribution in [3.05, 3.63) is 35.9 Å². The molecule has 0 saturated carbocycles. The zero-order valence-electron chi connectivity index (χ0n) is 17.0. The van der Waals surface area contributed by atoms with Gasteiger partial charge in [0.25, 0.3) is 0 Å². The highest BCUT2D eigenvalue weighted by Crippen LogP contribution is 2.17. The van der Waals surface area contributed by atoms with Crippen LogP contribution in [0.1, 0.15) is 39.2 Å². The van der Waals surface area contributed by atoms with Crippen molar-refractivity contribution in [1.29, 1.82) is 0 Å². The molecule has 0 radical (unpaired) electrons. The molecule has 7 heteroatoms. The minimum Gasteiger partial charge on any atom is -0.444 e. The van der Waals surface area contributed by atoms with Crippen LogP contribution in [0.4, 0.5) is 4.79 Å². The number of rotatable bonds is 7. The Kier molecular flexibility index (Phi) is 8.26. The fourth-order valence-corrected chi connectivity index (χ4v) is 3.05. The van der Waals surface area contributed by atoms with E-state index in [0.717, 1.165) is 18.4 Å². The molecule has 28 heavy (non-hydrogen) atoms. The summed E-state index contributed by atoms with van der Waals surface area (Å²) in [7, 11) is 0. The summed E-state index contributed by atoms with van der Waals surface area (Å²) in [4.78, 5) is 26.9. The highest BCUT2D eigenvalue weighted by atomic mass is 16.6. The number of hydrogen-bond donors (Lipinski definition) is 2. The molecule has 1 heterocycles. The third-order valence-corrected chi connectivity index (χ3v) is 4.57. The summed E-state index contributed by atoms with van der Waals surface area (Å²) < 4.78 is 11.0. The Labute approximate surface area is 167 Å². The van der Waals surface area contributed by atoms with Crippen molar-refractivity contribution < 1.29 is 24.2 Å². The van der Waals surface area contributed by atoms with Crippen molar-refractivity contribution in [3.63, 3.8) is 0 Å². The molecule has 2 amide bonds. The van der Waals surface area contributed by atoms with Gasteiger partial charge in [-0.3, -0.25) is 4.79 Å². The minimum atomic E-state index is -0.816. The van der Waals surface area contributed by atoms with Crippen LogP contribution >= 0.6 is 0 Å². The molecule has 1 aliphatic rings. The van der Waals surface area contributed by atoms with Crippen LogP contribution in [-0.2, 0) is 20.9 Å². The number of likely N-dealkylation sites (tertiary alicyclic amines) is 1. The maximum atomic E-state index is 12.9. The second-order valence-corrected chi connectivity index (χ2v) is 8.15. The molecule has 1 aromatic rings. The smallest absolute Gasteiger partial charge is 0.408 e. The number of hydrogen-bond acceptors (Lipinski definition) is 5. The van der Waals surface area contributed by atoms with Crippen molar-refractivity contribution in [3.8, 4) is 0 Å². The van der Waals surface area contributed by atoms with E-state index in [0.29, 0.717) is 19.7 Å². The first-order chi connectivity index (χ1) is 13.3. The Morgan fingerprint density at radius 2 is 1.86 bits per heavy atom. The van der Waals surface area contributed by atoms with Crippen LogP contribution in [-0.4, -0.2) is 60.0 Å². The van der Waals surface area contributed by atoms with E-state index >= 15 is 0 Å². The molecule has 156 valence electrons. The van der Waals surface area contributed by atoms with Gasteiger partial charge in [-0.15, -0.1) is 0 Å². The third-order valence-electron chi connectivity index (χ3n) is 4.57. The van der Waals surface area contributed by atoms with Gasteiger partial charge in [-0.25, -0.2) is 4.79 Å². The number of nitrogens with one attached hydrogen (secondary N) is 1. The molecule has 7 nitrogen and oxygen atoms in total. The summed E-state index contributed by atoms with van der Waals surface area (Å²) in [5.74, 6) is 0.0472. The van der Waals surface area contributed by atoms with E-state index in [-0.39, 0.29) is 25.0 Å². The lowest BCUT2D eigenvalue weighted by Gasteiger charge is -2.34. The van der Waals surface area contributed by atoms with E-state index in [2.05, 4.69) is 5.32 Å². The molecule has 0 aromatic heterocycles. The number of nitrogens with zero attached hydrogens (tertiary/aromatic N) is 1. The van der Waals surface area contributed by atoms with Crippen LogP contribution in [0.2, 0.25) is 0 Å². The van der Waals surface area contributed by atoms with Crippen LogP contribution in [0.3, 0.4) is 0 Å². The largest absolute Gasteiger partial charge is 0.444 e. The Balaban J connectivity index is 1.96. The van der Waals surface area contributed by atoms with Gasteiger partial charge in [-0.2, -0.15) is 0 Å². The predicted molar refractivity (Wildman–Crippen MR) is 106 cm³/mol. The van der Waals surface area contributed by atoms with Crippen molar-refractivity contribution in [2.75, 3.05) is 26.3 Å². The average molecular weight is 392 g/mol. The van der Waals surface area contributed by atoms with E-state index < -0.39 is 17.7 Å². The number of alkyl carbamates (subject to hydrolysis) is 1. The third kappa shape index (κ3) is 7.48. The van der Waals surface area contributed by atoms with Crippen molar-refractivity contribution in [1.82, 2.24) is 10.2 Å². The van der Waals surface area contributed by atoms with Crippen molar-refractivity contribution in [2.24, 2.45) is 5.92 Å². The molecule has 0 spiro atoms. The molecule has 1 fully saturated rings. The molecule has 2 rings (SSSR count). The van der Waals surface area contributed by atoms with E-state index in [9.17, 15) is 14.7 Å². The van der Waals surface area contributed by atoms with E-state index in [4.69, 9.17) is 9.47 Å². The number of aliphatic hydroxyl groups is 1. The van der Waals surface area contributed by atoms with E-state index in [1.807, 2.05) is 30.3 Å².